The molecule has 2 aliphatic heterocycles. The maximum absolute atomic E-state index is 6.50. The molecule has 1 saturated heterocycles. The number of para-hydroxylation sites is 1. The summed E-state index contributed by atoms with van der Waals surface area (Å²) in [7, 11) is 1.67. The average Bonchev–Trinajstić information content (AvgIpc) is 2.61. The fraction of sp³-hybridized carbons (Fsp3) is 0.381. The predicted molar refractivity (Wildman–Crippen MR) is 108 cm³/mol. The molecule has 4 rings (SSSR count). The van der Waals surface area contributed by atoms with Gasteiger partial charge in [0.15, 0.2) is 22.3 Å². The van der Waals surface area contributed by atoms with Gasteiger partial charge in [0.25, 0.3) is 0 Å². The molecule has 2 aliphatic rings. The third-order valence-corrected chi connectivity index (χ3v) is 5.60. The van der Waals surface area contributed by atoms with Crippen LogP contribution in [0.2, 0.25) is 0 Å². The normalized spacial score (nSPS) is 24.0. The Bertz CT molecular complexity index is 850. The molecule has 2 atom stereocenters. The van der Waals surface area contributed by atoms with Crippen LogP contribution in [0, 0.1) is 0 Å². The fourth-order valence-corrected chi connectivity index (χ4v) is 4.36. The average molecular weight is 369 g/mol. The van der Waals surface area contributed by atoms with Gasteiger partial charge >= 0.3 is 0 Å². The molecule has 0 aromatic heterocycles. The van der Waals surface area contributed by atoms with Gasteiger partial charge in [-0.2, -0.15) is 0 Å². The van der Waals surface area contributed by atoms with Crippen molar-refractivity contribution in [2.75, 3.05) is 12.0 Å². The summed E-state index contributed by atoms with van der Waals surface area (Å²) in [6.07, 6.45) is 0.805. The highest BCUT2D eigenvalue weighted by Gasteiger charge is 2.49. The van der Waals surface area contributed by atoms with Crippen LogP contribution in [0.25, 0.3) is 0 Å². The lowest BCUT2D eigenvalue weighted by Crippen LogP contribution is -2.65. The number of anilines is 1. The monoisotopic (exact) mass is 368 g/mol. The van der Waals surface area contributed by atoms with Crippen LogP contribution in [0.5, 0.6) is 11.5 Å². The van der Waals surface area contributed by atoms with Crippen LogP contribution in [-0.4, -0.2) is 17.9 Å². The van der Waals surface area contributed by atoms with Crippen LogP contribution in [0.15, 0.2) is 42.5 Å². The van der Waals surface area contributed by atoms with E-state index in [1.807, 2.05) is 12.1 Å². The molecule has 1 fully saturated rings. The number of fused-ring (bicyclic) bond motifs is 4. The molecular formula is C21H24N2O2S. The molecule has 0 saturated carbocycles. The number of ether oxygens (including phenoxy) is 2. The van der Waals surface area contributed by atoms with Crippen molar-refractivity contribution in [3.63, 3.8) is 0 Å². The Balaban J connectivity index is 1.76. The molecule has 5 heteroatoms. The SMILES string of the molecule is COc1cccc2c1O[C@@]1(C)C[C@H]2NC(=S)N1c1ccc(C(C)C)cc1. The van der Waals surface area contributed by atoms with Crippen LogP contribution in [0.1, 0.15) is 50.3 Å². The van der Waals surface area contributed by atoms with E-state index in [4.69, 9.17) is 21.7 Å². The first kappa shape index (κ1) is 17.2. The molecular weight excluding hydrogens is 344 g/mol. The molecule has 2 heterocycles. The lowest BCUT2D eigenvalue weighted by atomic mass is 9.90. The number of nitrogens with one attached hydrogen (secondary N) is 1. The van der Waals surface area contributed by atoms with Crippen molar-refractivity contribution in [2.24, 2.45) is 0 Å². The molecule has 2 aromatic carbocycles. The van der Waals surface area contributed by atoms with E-state index in [2.05, 4.69) is 61.3 Å². The summed E-state index contributed by atoms with van der Waals surface area (Å²) in [5.74, 6) is 2.05. The van der Waals surface area contributed by atoms with Gasteiger partial charge in [0.05, 0.1) is 13.2 Å². The Morgan fingerprint density at radius 3 is 2.62 bits per heavy atom. The van der Waals surface area contributed by atoms with E-state index in [-0.39, 0.29) is 6.04 Å². The number of hydrogen-bond donors (Lipinski definition) is 1. The lowest BCUT2D eigenvalue weighted by molar-refractivity contribution is 0.0464. The summed E-state index contributed by atoms with van der Waals surface area (Å²) in [5.41, 5.74) is 2.88. The summed E-state index contributed by atoms with van der Waals surface area (Å²) < 4.78 is 12.0. The van der Waals surface area contributed by atoms with E-state index in [1.54, 1.807) is 7.11 Å². The third-order valence-electron chi connectivity index (χ3n) is 5.30. The smallest absolute Gasteiger partial charge is 0.188 e. The molecule has 0 amide bonds. The van der Waals surface area contributed by atoms with Crippen molar-refractivity contribution in [2.45, 2.75) is 44.9 Å². The summed E-state index contributed by atoms with van der Waals surface area (Å²) in [6.45, 7) is 6.49. The number of benzene rings is 2. The molecule has 26 heavy (non-hydrogen) atoms. The highest BCUT2D eigenvalue weighted by molar-refractivity contribution is 7.80. The Morgan fingerprint density at radius 2 is 1.96 bits per heavy atom. The van der Waals surface area contributed by atoms with Gasteiger partial charge in [-0.25, -0.2) is 0 Å². The number of methoxy groups -OCH3 is 1. The molecule has 2 aromatic rings. The van der Waals surface area contributed by atoms with E-state index in [0.717, 1.165) is 29.2 Å². The Morgan fingerprint density at radius 1 is 1.23 bits per heavy atom. The van der Waals surface area contributed by atoms with E-state index in [0.29, 0.717) is 11.0 Å². The first-order chi connectivity index (χ1) is 12.4. The number of rotatable bonds is 3. The zero-order valence-corrected chi connectivity index (χ0v) is 16.4. The first-order valence-corrected chi connectivity index (χ1v) is 9.40. The van der Waals surface area contributed by atoms with Crippen LogP contribution in [0.4, 0.5) is 5.69 Å². The van der Waals surface area contributed by atoms with Crippen molar-refractivity contribution in [3.8, 4) is 11.5 Å². The van der Waals surface area contributed by atoms with Crippen molar-refractivity contribution in [1.29, 1.82) is 0 Å². The maximum atomic E-state index is 6.50. The Labute approximate surface area is 160 Å². The fourth-order valence-electron chi connectivity index (χ4n) is 3.92. The zero-order valence-electron chi connectivity index (χ0n) is 15.6. The molecule has 2 bridgehead atoms. The Hall–Kier alpha value is -2.27. The van der Waals surface area contributed by atoms with Crippen LogP contribution >= 0.6 is 12.2 Å². The summed E-state index contributed by atoms with van der Waals surface area (Å²) in [5, 5.41) is 4.18. The van der Waals surface area contributed by atoms with Gasteiger partial charge < -0.3 is 14.8 Å². The first-order valence-electron chi connectivity index (χ1n) is 8.99. The third kappa shape index (κ3) is 2.62. The number of thiocarbonyl (C=S) groups is 1. The minimum absolute atomic E-state index is 0.123. The second kappa shape index (κ2) is 6.16. The van der Waals surface area contributed by atoms with E-state index in [9.17, 15) is 0 Å². The minimum atomic E-state index is -0.562. The maximum Gasteiger partial charge on any atom is 0.188 e. The van der Waals surface area contributed by atoms with Gasteiger partial charge in [-0.3, -0.25) is 4.90 Å². The summed E-state index contributed by atoms with van der Waals surface area (Å²) >= 11 is 5.71. The molecule has 0 radical (unpaired) electrons. The van der Waals surface area contributed by atoms with Gasteiger partial charge in [-0.15, -0.1) is 0 Å². The standard InChI is InChI=1S/C21H24N2O2S/c1-13(2)14-8-10-15(11-9-14)23-20(26)22-17-12-21(23,3)25-19-16(17)6-5-7-18(19)24-4/h5-11,13,17H,12H2,1-4H3,(H,22,26)/t17-,21+/m1/s1. The van der Waals surface area contributed by atoms with Gasteiger partial charge in [-0.05, 0) is 48.8 Å². The molecule has 0 spiro atoms. The Kier molecular flexibility index (Phi) is 4.07. The number of nitrogens with zero attached hydrogens (tertiary/aromatic N) is 1. The second-order valence-corrected chi connectivity index (χ2v) is 7.83. The van der Waals surface area contributed by atoms with Gasteiger partial charge in [-0.1, -0.05) is 38.1 Å². The topological polar surface area (TPSA) is 33.7 Å². The van der Waals surface area contributed by atoms with Gasteiger partial charge in [0.1, 0.15) is 0 Å². The van der Waals surface area contributed by atoms with Gasteiger partial charge in [0.2, 0.25) is 0 Å². The van der Waals surface area contributed by atoms with Crippen LogP contribution < -0.4 is 19.7 Å². The lowest BCUT2D eigenvalue weighted by Gasteiger charge is -2.52. The van der Waals surface area contributed by atoms with Crippen molar-refractivity contribution >= 4 is 23.0 Å². The summed E-state index contributed by atoms with van der Waals surface area (Å²) in [4.78, 5) is 2.08. The van der Waals surface area contributed by atoms with E-state index >= 15 is 0 Å². The van der Waals surface area contributed by atoms with E-state index < -0.39 is 5.72 Å². The predicted octanol–water partition coefficient (Wildman–Crippen LogP) is 4.75. The molecule has 1 N–H and O–H groups in total. The van der Waals surface area contributed by atoms with Crippen molar-refractivity contribution in [1.82, 2.24) is 5.32 Å². The van der Waals surface area contributed by atoms with Crippen molar-refractivity contribution in [3.05, 3.63) is 53.6 Å². The van der Waals surface area contributed by atoms with Gasteiger partial charge in [0, 0.05) is 17.7 Å². The molecule has 4 nitrogen and oxygen atoms in total. The van der Waals surface area contributed by atoms with Crippen molar-refractivity contribution < 1.29 is 9.47 Å². The minimum Gasteiger partial charge on any atom is -0.493 e. The van der Waals surface area contributed by atoms with Crippen LogP contribution in [-0.2, 0) is 0 Å². The highest BCUT2D eigenvalue weighted by atomic mass is 32.1. The quantitative estimate of drug-likeness (QED) is 0.791. The molecule has 0 aliphatic carbocycles. The molecule has 136 valence electrons. The largest absolute Gasteiger partial charge is 0.493 e. The zero-order chi connectivity index (χ0) is 18.5. The highest BCUT2D eigenvalue weighted by Crippen LogP contribution is 2.49. The molecule has 0 unspecified atom stereocenters. The van der Waals surface area contributed by atoms with E-state index in [1.165, 1.54) is 5.56 Å². The number of hydrogen-bond acceptors (Lipinski definition) is 3. The summed E-state index contributed by atoms with van der Waals surface area (Å²) in [6, 6.07) is 14.7. The van der Waals surface area contributed by atoms with Crippen LogP contribution in [0.3, 0.4) is 0 Å². The second-order valence-electron chi connectivity index (χ2n) is 7.44.